The fourth-order valence-corrected chi connectivity index (χ4v) is 3.42. The highest BCUT2D eigenvalue weighted by atomic mass is 19.4. The molecular formula is C23H21BF5NO5. The second-order valence-electron chi connectivity index (χ2n) is 7.39. The maximum atomic E-state index is 15.1. The van der Waals surface area contributed by atoms with Crippen LogP contribution in [0.3, 0.4) is 0 Å². The number of anilines is 1. The van der Waals surface area contributed by atoms with Gasteiger partial charge in [-0.25, -0.2) is 8.78 Å². The van der Waals surface area contributed by atoms with E-state index in [9.17, 15) is 17.6 Å². The molecule has 0 amide bonds. The van der Waals surface area contributed by atoms with Crippen molar-refractivity contribution in [3.8, 4) is 17.2 Å². The highest BCUT2D eigenvalue weighted by Crippen LogP contribution is 2.43. The predicted molar refractivity (Wildman–Crippen MR) is 118 cm³/mol. The first-order valence-corrected chi connectivity index (χ1v) is 10.2. The van der Waals surface area contributed by atoms with Crippen molar-refractivity contribution in [2.75, 3.05) is 19.1 Å². The molecule has 0 radical (unpaired) electrons. The molecule has 3 aromatic carbocycles. The third kappa shape index (κ3) is 6.34. The number of nitrogens with zero attached hydrogens (tertiary/aromatic N) is 1. The van der Waals surface area contributed by atoms with Crippen LogP contribution in [0.4, 0.5) is 27.6 Å². The highest BCUT2D eigenvalue weighted by Gasteiger charge is 2.41. The number of ether oxygens (including phenoxy) is 2. The van der Waals surface area contributed by atoms with Gasteiger partial charge in [-0.3, -0.25) is 0 Å². The Morgan fingerprint density at radius 3 is 1.63 bits per heavy atom. The SMILES string of the molecule is COc1ccc(CN(Cc2ccc(OC)cc2)c2cc(OB(O)O)c(C(F)(F)F)c(F)c2F)cc1. The summed E-state index contributed by atoms with van der Waals surface area (Å²) in [6.07, 6.45) is -5.36. The molecule has 0 unspecified atom stereocenters. The van der Waals surface area contributed by atoms with Gasteiger partial charge in [0.1, 0.15) is 22.8 Å². The molecule has 0 heterocycles. The lowest BCUT2D eigenvalue weighted by atomic mass is 10.1. The first kappa shape index (κ1) is 26.1. The number of methoxy groups -OCH3 is 2. The highest BCUT2D eigenvalue weighted by molar-refractivity contribution is 6.33. The average Bonchev–Trinajstić information content (AvgIpc) is 2.80. The normalized spacial score (nSPS) is 11.2. The van der Waals surface area contributed by atoms with E-state index in [4.69, 9.17) is 19.5 Å². The van der Waals surface area contributed by atoms with Crippen LogP contribution in [-0.4, -0.2) is 31.6 Å². The number of halogens is 5. The van der Waals surface area contributed by atoms with Crippen LogP contribution in [0.2, 0.25) is 0 Å². The molecule has 0 spiro atoms. The van der Waals surface area contributed by atoms with Crippen LogP contribution in [0, 0.1) is 11.6 Å². The van der Waals surface area contributed by atoms with Crippen LogP contribution in [0.15, 0.2) is 54.6 Å². The summed E-state index contributed by atoms with van der Waals surface area (Å²) in [5, 5.41) is 18.1. The van der Waals surface area contributed by atoms with Gasteiger partial charge in [-0.2, -0.15) is 13.2 Å². The van der Waals surface area contributed by atoms with E-state index in [-0.39, 0.29) is 13.1 Å². The number of benzene rings is 3. The fraction of sp³-hybridized carbons (Fsp3) is 0.217. The zero-order chi connectivity index (χ0) is 25.8. The second-order valence-corrected chi connectivity index (χ2v) is 7.39. The van der Waals surface area contributed by atoms with Crippen LogP contribution in [0.25, 0.3) is 0 Å². The van der Waals surface area contributed by atoms with Crippen molar-refractivity contribution in [1.29, 1.82) is 0 Å². The summed E-state index contributed by atoms with van der Waals surface area (Å²) in [7, 11) is 0.260. The third-order valence-electron chi connectivity index (χ3n) is 5.07. The molecule has 0 atom stereocenters. The standard InChI is InChI=1S/C23H21BF5NO5/c1-33-16-7-3-14(4-8-16)12-30(13-15-5-9-17(34-2)10-6-15)18-11-19(35-24(31)32)20(23(27,28)29)22(26)21(18)25/h3-11,31-32H,12-13H2,1-2H3. The first-order chi connectivity index (χ1) is 16.5. The van der Waals surface area contributed by atoms with Crippen molar-refractivity contribution in [1.82, 2.24) is 0 Å². The van der Waals surface area contributed by atoms with Crippen molar-refractivity contribution >= 4 is 13.0 Å². The largest absolute Gasteiger partial charge is 0.707 e. The summed E-state index contributed by atoms with van der Waals surface area (Å²) in [5.41, 5.74) is -1.43. The van der Waals surface area contributed by atoms with Gasteiger partial charge in [-0.05, 0) is 35.4 Å². The van der Waals surface area contributed by atoms with E-state index >= 15 is 4.39 Å². The van der Waals surface area contributed by atoms with E-state index in [1.54, 1.807) is 48.5 Å². The summed E-state index contributed by atoms with van der Waals surface area (Å²) in [6.45, 7) is -0.0856. The van der Waals surface area contributed by atoms with Crippen LogP contribution in [-0.2, 0) is 19.3 Å². The molecular weight excluding hydrogens is 476 g/mol. The monoisotopic (exact) mass is 497 g/mol. The van der Waals surface area contributed by atoms with Gasteiger partial charge in [-0.1, -0.05) is 24.3 Å². The molecule has 0 saturated heterocycles. The van der Waals surface area contributed by atoms with Gasteiger partial charge >= 0.3 is 13.5 Å². The van der Waals surface area contributed by atoms with Crippen molar-refractivity contribution in [3.63, 3.8) is 0 Å². The smallest absolute Gasteiger partial charge is 0.511 e. The van der Waals surface area contributed by atoms with Crippen LogP contribution < -0.4 is 19.0 Å². The van der Waals surface area contributed by atoms with E-state index in [0.717, 1.165) is 0 Å². The number of hydrogen-bond acceptors (Lipinski definition) is 6. The Labute approximate surface area is 198 Å². The number of hydrogen-bond donors (Lipinski definition) is 2. The Balaban J connectivity index is 2.11. The van der Waals surface area contributed by atoms with E-state index in [0.29, 0.717) is 28.7 Å². The second kappa shape index (κ2) is 10.8. The Hall–Kier alpha value is -3.51. The minimum Gasteiger partial charge on any atom is -0.511 e. The molecule has 0 bridgehead atoms. The lowest BCUT2D eigenvalue weighted by molar-refractivity contribution is -0.141. The average molecular weight is 497 g/mol. The van der Waals surface area contributed by atoms with Crippen LogP contribution >= 0.6 is 0 Å². The van der Waals surface area contributed by atoms with Gasteiger partial charge in [0.15, 0.2) is 11.6 Å². The van der Waals surface area contributed by atoms with Crippen LogP contribution in [0.1, 0.15) is 16.7 Å². The molecule has 2 N–H and O–H groups in total. The zero-order valence-corrected chi connectivity index (χ0v) is 18.6. The van der Waals surface area contributed by atoms with E-state index in [1.165, 1.54) is 19.1 Å². The van der Waals surface area contributed by atoms with Gasteiger partial charge in [0.05, 0.1) is 19.9 Å². The first-order valence-electron chi connectivity index (χ1n) is 10.2. The Morgan fingerprint density at radius 2 is 1.26 bits per heavy atom. The Morgan fingerprint density at radius 1 is 0.800 bits per heavy atom. The fourth-order valence-electron chi connectivity index (χ4n) is 3.42. The third-order valence-corrected chi connectivity index (χ3v) is 5.07. The molecule has 0 fully saturated rings. The van der Waals surface area contributed by atoms with E-state index in [1.807, 2.05) is 0 Å². The molecule has 3 rings (SSSR count). The lowest BCUT2D eigenvalue weighted by Gasteiger charge is -2.28. The molecule has 0 aliphatic carbocycles. The van der Waals surface area contributed by atoms with Crippen molar-refractivity contribution in [2.24, 2.45) is 0 Å². The van der Waals surface area contributed by atoms with Gasteiger partial charge in [0, 0.05) is 19.2 Å². The van der Waals surface area contributed by atoms with Crippen molar-refractivity contribution in [3.05, 3.63) is 82.9 Å². The van der Waals surface area contributed by atoms with E-state index in [2.05, 4.69) is 4.65 Å². The van der Waals surface area contributed by atoms with Crippen molar-refractivity contribution < 1.29 is 46.1 Å². The summed E-state index contributed by atoms with van der Waals surface area (Å²) in [6, 6.07) is 13.8. The summed E-state index contributed by atoms with van der Waals surface area (Å²) >= 11 is 0. The molecule has 0 saturated carbocycles. The Kier molecular flexibility index (Phi) is 8.08. The number of alkyl halides is 3. The summed E-state index contributed by atoms with van der Waals surface area (Å²) < 4.78 is 84.6. The molecule has 3 aromatic rings. The molecule has 0 aliphatic heterocycles. The Bertz CT molecular complexity index is 1090. The molecule has 12 heteroatoms. The molecule has 6 nitrogen and oxygen atoms in total. The maximum Gasteiger partial charge on any atom is 0.707 e. The number of rotatable bonds is 9. The van der Waals surface area contributed by atoms with E-state index < -0.39 is 42.1 Å². The summed E-state index contributed by atoms with van der Waals surface area (Å²) in [4.78, 5) is 1.29. The predicted octanol–water partition coefficient (Wildman–Crippen LogP) is 4.56. The molecule has 35 heavy (non-hydrogen) atoms. The van der Waals surface area contributed by atoms with Gasteiger partial charge in [0.2, 0.25) is 0 Å². The quantitative estimate of drug-likeness (QED) is 0.334. The minimum absolute atomic E-state index is 0.0428. The van der Waals surface area contributed by atoms with Crippen molar-refractivity contribution in [2.45, 2.75) is 19.3 Å². The molecule has 186 valence electrons. The van der Waals surface area contributed by atoms with Gasteiger partial charge in [0.25, 0.3) is 0 Å². The topological polar surface area (TPSA) is 71.4 Å². The molecule has 0 aliphatic rings. The molecule has 0 aromatic heterocycles. The van der Waals surface area contributed by atoms with Gasteiger partial charge < -0.3 is 29.1 Å². The van der Waals surface area contributed by atoms with Gasteiger partial charge in [-0.15, -0.1) is 0 Å². The minimum atomic E-state index is -5.36. The lowest BCUT2D eigenvalue weighted by Crippen LogP contribution is -2.27. The van der Waals surface area contributed by atoms with Crippen LogP contribution in [0.5, 0.6) is 17.2 Å². The zero-order valence-electron chi connectivity index (χ0n) is 18.6. The maximum absolute atomic E-state index is 15.1. The summed E-state index contributed by atoms with van der Waals surface area (Å²) in [5.74, 6) is -4.15.